The van der Waals surface area contributed by atoms with Gasteiger partial charge in [0.1, 0.15) is 16.9 Å². The summed E-state index contributed by atoms with van der Waals surface area (Å²) < 4.78 is 33.7. The number of halogens is 2. The average Bonchev–Trinajstić information content (AvgIpc) is 3.85. The minimum absolute atomic E-state index is 0.0484. The van der Waals surface area contributed by atoms with Gasteiger partial charge >= 0.3 is 11.4 Å². The molecule has 5 aromatic rings. The van der Waals surface area contributed by atoms with E-state index in [1.54, 1.807) is 12.1 Å². The molecule has 0 radical (unpaired) electrons. The number of oxazole rings is 1. The van der Waals surface area contributed by atoms with Crippen LogP contribution in [0.1, 0.15) is 5.56 Å². The highest BCUT2D eigenvalue weighted by Gasteiger charge is 2.24. The van der Waals surface area contributed by atoms with Crippen LogP contribution in [-0.4, -0.2) is 19.9 Å². The first kappa shape index (κ1) is 29.3. The third kappa shape index (κ3) is 4.67. The summed E-state index contributed by atoms with van der Waals surface area (Å²) in [4.78, 5) is 44.3. The Morgan fingerprint density at radius 1 is 0.694 bits per heavy atom. The zero-order chi connectivity index (χ0) is 34.4. The van der Waals surface area contributed by atoms with Crippen molar-refractivity contribution in [1.29, 1.82) is 15.8 Å². The molecule has 0 fully saturated rings. The van der Waals surface area contributed by atoms with Crippen molar-refractivity contribution in [3.63, 3.8) is 0 Å². The molecular weight excluding hydrogens is 634 g/mol. The van der Waals surface area contributed by atoms with E-state index in [0.29, 0.717) is 0 Å². The van der Waals surface area contributed by atoms with Gasteiger partial charge in [-0.15, -0.1) is 0 Å². The van der Waals surface area contributed by atoms with Crippen LogP contribution in [0.5, 0.6) is 0 Å². The van der Waals surface area contributed by atoms with E-state index < -0.39 is 11.6 Å². The molecule has 2 aromatic heterocycles. The second-order valence-corrected chi connectivity index (χ2v) is 9.71. The van der Waals surface area contributed by atoms with Crippen molar-refractivity contribution >= 4 is 16.8 Å². The average molecular weight is 640 g/mol. The Labute approximate surface area is 270 Å². The van der Waals surface area contributed by atoms with Gasteiger partial charge in [0.25, 0.3) is 5.89 Å². The maximum atomic E-state index is 14.0. The maximum absolute atomic E-state index is 14.0. The number of fused-ring (bicyclic) bond motifs is 3. The van der Waals surface area contributed by atoms with Gasteiger partial charge < -0.3 is 4.42 Å². The maximum Gasteiger partial charge on any atom is 0.305 e. The molecule has 2 aliphatic heterocycles. The highest BCUT2D eigenvalue weighted by Crippen LogP contribution is 2.31. The van der Waals surface area contributed by atoms with E-state index in [1.165, 1.54) is 24.3 Å². The molecule has 0 bridgehead atoms. The van der Waals surface area contributed by atoms with Crippen molar-refractivity contribution in [2.45, 2.75) is 0 Å². The topological polar surface area (TPSA) is 199 Å². The van der Waals surface area contributed by atoms with Crippen molar-refractivity contribution in [3.8, 4) is 52.7 Å². The molecule has 0 N–H and O–H groups in total. The van der Waals surface area contributed by atoms with Crippen LogP contribution in [-0.2, 0) is 0 Å². The number of nitrogens with zero attached hydrogens (tertiary/aromatic N) is 14. The number of nitriles is 3. The molecule has 0 aliphatic carbocycles. The standard InChI is InChI=1S/C32H6F2N14O/c1-38-21(11-36)29-41-18-6-4-13(15(10-35)24(18)44-29)27-46-28(48-31(47-27)32-43-20-8-16(33)17(34)9-23(20)49-32)14-5-7-19-26(25(14)40-3)45-30(42-19)22(12-37)39-2/h4-9H/b29-21+,30-22-. The molecule has 0 saturated carbocycles. The number of allylic oxidation sites excluding steroid dienone is 2. The lowest BCUT2D eigenvalue weighted by Gasteiger charge is -2.08. The third-order valence-electron chi connectivity index (χ3n) is 7.00. The predicted molar refractivity (Wildman–Crippen MR) is 158 cm³/mol. The van der Waals surface area contributed by atoms with Gasteiger partial charge in [0, 0.05) is 23.3 Å². The number of hydrogen-bond acceptors (Lipinski definition) is 12. The summed E-state index contributed by atoms with van der Waals surface area (Å²) in [7, 11) is 0. The Hall–Kier alpha value is -8.38. The lowest BCUT2D eigenvalue weighted by atomic mass is 10.1. The fourth-order valence-corrected chi connectivity index (χ4v) is 4.83. The second-order valence-electron chi connectivity index (χ2n) is 9.71. The highest BCUT2D eigenvalue weighted by atomic mass is 19.2. The summed E-state index contributed by atoms with van der Waals surface area (Å²) in [5.74, 6) is -3.50. The van der Waals surface area contributed by atoms with E-state index in [4.69, 9.17) is 24.1 Å². The van der Waals surface area contributed by atoms with Crippen LogP contribution < -0.4 is 21.4 Å². The number of aromatic nitrogens is 4. The number of hydrogen-bond donors (Lipinski definition) is 0. The fourth-order valence-electron chi connectivity index (χ4n) is 4.83. The molecule has 3 aromatic carbocycles. The van der Waals surface area contributed by atoms with E-state index in [1.807, 2.05) is 6.07 Å². The van der Waals surface area contributed by atoms with E-state index in [-0.39, 0.29) is 101 Å². The fraction of sp³-hybridized carbons (Fsp3) is 0. The van der Waals surface area contributed by atoms with Gasteiger partial charge in [0.2, 0.25) is 11.5 Å². The molecule has 7 rings (SSSR count). The van der Waals surface area contributed by atoms with Crippen LogP contribution in [0, 0.1) is 65.3 Å². The Kier molecular flexibility index (Phi) is 6.71. The van der Waals surface area contributed by atoms with Crippen LogP contribution >= 0.6 is 0 Å². The summed E-state index contributed by atoms with van der Waals surface area (Å²) >= 11 is 0. The van der Waals surface area contributed by atoms with Gasteiger partial charge in [0.15, 0.2) is 40.5 Å². The second kappa shape index (κ2) is 11.2. The van der Waals surface area contributed by atoms with E-state index in [9.17, 15) is 24.6 Å². The Morgan fingerprint density at radius 3 is 1.88 bits per heavy atom. The number of benzene rings is 3. The first-order valence-corrected chi connectivity index (χ1v) is 13.4. The van der Waals surface area contributed by atoms with Gasteiger partial charge in [-0.05, 0) is 18.2 Å². The van der Waals surface area contributed by atoms with E-state index >= 15 is 0 Å². The van der Waals surface area contributed by atoms with Crippen LogP contribution in [0.3, 0.4) is 0 Å². The van der Waals surface area contributed by atoms with Crippen molar-refractivity contribution in [2.24, 2.45) is 20.0 Å². The van der Waals surface area contributed by atoms with Gasteiger partial charge in [-0.25, -0.2) is 73.7 Å². The van der Waals surface area contributed by atoms with E-state index in [0.717, 1.165) is 12.1 Å². The summed E-state index contributed by atoms with van der Waals surface area (Å²) in [5.41, 5.74) is -0.886. The molecule has 0 atom stereocenters. The highest BCUT2D eigenvalue weighted by molar-refractivity contribution is 5.78. The quantitative estimate of drug-likeness (QED) is 0.211. The zero-order valence-electron chi connectivity index (χ0n) is 23.9. The lowest BCUT2D eigenvalue weighted by Crippen LogP contribution is -2.26. The third-order valence-corrected chi connectivity index (χ3v) is 7.00. The molecule has 4 heterocycles. The van der Waals surface area contributed by atoms with Crippen LogP contribution in [0.2, 0.25) is 0 Å². The molecule has 0 amide bonds. The molecule has 17 heteroatoms. The molecule has 0 saturated heterocycles. The van der Waals surface area contributed by atoms with Gasteiger partial charge in [-0.2, -0.15) is 5.26 Å². The molecule has 49 heavy (non-hydrogen) atoms. The minimum atomic E-state index is -1.18. The summed E-state index contributed by atoms with van der Waals surface area (Å²) in [5, 5.41) is 29.4. The lowest BCUT2D eigenvalue weighted by molar-refractivity contribution is 0.507. The molecular formula is C32H6F2N14O. The monoisotopic (exact) mass is 640 g/mol. The summed E-state index contributed by atoms with van der Waals surface area (Å²) in [6.45, 7) is 22.4. The largest absolute Gasteiger partial charge is 0.433 e. The number of rotatable bonds is 3. The molecule has 15 nitrogen and oxygen atoms in total. The first-order chi connectivity index (χ1) is 23.8. The van der Waals surface area contributed by atoms with Crippen molar-refractivity contribution in [1.82, 2.24) is 19.9 Å². The van der Waals surface area contributed by atoms with Gasteiger partial charge in [0.05, 0.1) is 53.5 Å². The molecule has 2 aliphatic rings. The van der Waals surface area contributed by atoms with Gasteiger partial charge in [-0.1, -0.05) is 6.07 Å². The molecule has 224 valence electrons. The van der Waals surface area contributed by atoms with Crippen LogP contribution in [0.25, 0.3) is 60.1 Å². The Bertz CT molecular complexity index is 2760. The summed E-state index contributed by atoms with van der Waals surface area (Å²) in [6, 6.07) is 13.0. The molecule has 0 unspecified atom stereocenters. The predicted octanol–water partition coefficient (Wildman–Crippen LogP) is 3.44. The van der Waals surface area contributed by atoms with Crippen LogP contribution in [0.15, 0.2) is 83.8 Å². The van der Waals surface area contributed by atoms with Gasteiger partial charge in [-0.3, -0.25) is 0 Å². The van der Waals surface area contributed by atoms with E-state index in [2.05, 4.69) is 54.4 Å². The van der Waals surface area contributed by atoms with Crippen LogP contribution in [0.4, 0.5) is 14.5 Å². The minimum Gasteiger partial charge on any atom is -0.433 e. The van der Waals surface area contributed by atoms with Crippen molar-refractivity contribution < 1.29 is 13.2 Å². The van der Waals surface area contributed by atoms with Crippen molar-refractivity contribution in [2.75, 3.05) is 0 Å². The smallest absolute Gasteiger partial charge is 0.305 e. The SMILES string of the molecule is [C-]#[N+]/C(C#N)=C1/N=c2ccc(-c3nc(-c4nc5cc(F)c(F)cc5o4)nc(-c4ccc5c(c4C#N)=N/C(=C(\C#N)[N+]#[C-])N=5)n3)c([N+]#[C-])c2=N1. The van der Waals surface area contributed by atoms with Crippen molar-refractivity contribution in [3.05, 3.63) is 132 Å². The first-order valence-electron chi connectivity index (χ1n) is 13.4. The normalized spacial score (nSPS) is 14.1. The zero-order valence-corrected chi connectivity index (χ0v) is 23.9. The Balaban J connectivity index is 1.52. The summed E-state index contributed by atoms with van der Waals surface area (Å²) in [6.07, 6.45) is 0. The molecule has 0 spiro atoms. The Morgan fingerprint density at radius 2 is 1.27 bits per heavy atom.